The molecule has 0 aliphatic carbocycles. The van der Waals surface area contributed by atoms with Crippen molar-refractivity contribution < 1.29 is 19.4 Å². The van der Waals surface area contributed by atoms with Crippen LogP contribution in [0.15, 0.2) is 24.3 Å². The first-order valence-electron chi connectivity index (χ1n) is 6.74. The quantitative estimate of drug-likeness (QED) is 0.813. The molecule has 108 valence electrons. The molecule has 1 aromatic carbocycles. The lowest BCUT2D eigenvalue weighted by atomic mass is 9.84. The molecular weight excluding hydrogens is 258 g/mol. The molecule has 1 fully saturated rings. The molecule has 1 aromatic rings. The van der Waals surface area contributed by atoms with E-state index in [1.165, 1.54) is 4.90 Å². The Morgan fingerprint density at radius 3 is 2.80 bits per heavy atom. The van der Waals surface area contributed by atoms with Gasteiger partial charge in [-0.05, 0) is 19.4 Å². The first-order valence-corrected chi connectivity index (χ1v) is 6.74. The maximum atomic E-state index is 11.9. The summed E-state index contributed by atoms with van der Waals surface area (Å²) in [6, 6.07) is 6.70. The van der Waals surface area contributed by atoms with Crippen LogP contribution in [-0.2, 0) is 9.59 Å². The van der Waals surface area contributed by atoms with Gasteiger partial charge in [0.05, 0.1) is 12.6 Å². The third-order valence-corrected chi connectivity index (χ3v) is 3.70. The Balaban J connectivity index is 2.44. The number of likely N-dealkylation sites (tertiary alicyclic amines) is 1. The van der Waals surface area contributed by atoms with E-state index in [9.17, 15) is 14.7 Å². The van der Waals surface area contributed by atoms with Gasteiger partial charge in [-0.25, -0.2) is 0 Å². The maximum Gasteiger partial charge on any atom is 0.222 e. The van der Waals surface area contributed by atoms with Crippen molar-refractivity contribution in [3.63, 3.8) is 0 Å². The van der Waals surface area contributed by atoms with E-state index in [2.05, 4.69) is 0 Å². The number of carbonyl (C=O) groups excluding carboxylic acids is 2. The average molecular weight is 276 g/mol. The summed E-state index contributed by atoms with van der Waals surface area (Å²) in [4.78, 5) is 24.7. The van der Waals surface area contributed by atoms with E-state index >= 15 is 0 Å². The Bertz CT molecular complexity index is 514. The summed E-state index contributed by atoms with van der Waals surface area (Å²) >= 11 is 0. The standard InChI is InChI=1S/C15H19NO4/c1-3-20-12-7-5-4-6-10(12)14-11(15(18)19)8-9-13(17)16(14)2/h4-7,11,14H,3,8-9H2,1-2H3,(H,18,19)/p-1/t11-,14+/m0/s1. The molecule has 0 bridgehead atoms. The molecule has 1 heterocycles. The number of carboxylic acid groups (broad SMARTS) is 1. The van der Waals surface area contributed by atoms with Crippen LogP contribution in [0, 0.1) is 5.92 Å². The van der Waals surface area contributed by atoms with Crippen LogP contribution in [0.3, 0.4) is 0 Å². The molecule has 0 spiro atoms. The molecule has 2 atom stereocenters. The Kier molecular flexibility index (Phi) is 4.27. The van der Waals surface area contributed by atoms with Gasteiger partial charge in [0, 0.05) is 30.9 Å². The summed E-state index contributed by atoms with van der Waals surface area (Å²) in [5, 5.41) is 11.4. The number of para-hydroxylation sites is 1. The molecule has 20 heavy (non-hydrogen) atoms. The molecule has 0 N–H and O–H groups in total. The summed E-state index contributed by atoms with van der Waals surface area (Å²) in [5.74, 6) is -1.27. The zero-order chi connectivity index (χ0) is 14.7. The zero-order valence-corrected chi connectivity index (χ0v) is 11.7. The van der Waals surface area contributed by atoms with E-state index in [4.69, 9.17) is 4.74 Å². The van der Waals surface area contributed by atoms with E-state index in [1.54, 1.807) is 19.2 Å². The van der Waals surface area contributed by atoms with Gasteiger partial charge in [-0.3, -0.25) is 4.79 Å². The van der Waals surface area contributed by atoms with Crippen molar-refractivity contribution in [2.24, 2.45) is 5.92 Å². The van der Waals surface area contributed by atoms with Gasteiger partial charge < -0.3 is 19.5 Å². The molecule has 0 saturated carbocycles. The fourth-order valence-corrected chi connectivity index (χ4v) is 2.72. The van der Waals surface area contributed by atoms with Crippen LogP contribution in [0.25, 0.3) is 0 Å². The van der Waals surface area contributed by atoms with Gasteiger partial charge in [0.1, 0.15) is 5.75 Å². The lowest BCUT2D eigenvalue weighted by molar-refractivity contribution is -0.314. The molecule has 1 amide bonds. The maximum absolute atomic E-state index is 11.9. The van der Waals surface area contributed by atoms with Crippen LogP contribution >= 0.6 is 0 Å². The normalized spacial score (nSPS) is 22.7. The van der Waals surface area contributed by atoms with E-state index < -0.39 is 17.9 Å². The molecule has 0 unspecified atom stereocenters. The number of benzene rings is 1. The van der Waals surface area contributed by atoms with Gasteiger partial charge in [0.25, 0.3) is 0 Å². The minimum atomic E-state index is -1.12. The Morgan fingerprint density at radius 2 is 2.15 bits per heavy atom. The van der Waals surface area contributed by atoms with Gasteiger partial charge in [-0.15, -0.1) is 0 Å². The van der Waals surface area contributed by atoms with E-state index in [-0.39, 0.29) is 12.3 Å². The highest BCUT2D eigenvalue weighted by molar-refractivity contribution is 5.81. The van der Waals surface area contributed by atoms with Gasteiger partial charge in [-0.1, -0.05) is 18.2 Å². The average Bonchev–Trinajstić information content (AvgIpc) is 2.42. The Hall–Kier alpha value is -2.04. The number of piperidine rings is 1. The van der Waals surface area contributed by atoms with E-state index in [0.29, 0.717) is 18.8 Å². The van der Waals surface area contributed by atoms with Crippen molar-refractivity contribution in [2.75, 3.05) is 13.7 Å². The molecule has 0 radical (unpaired) electrons. The SMILES string of the molecule is CCOc1ccccc1[C@@H]1[C@@H](C(=O)[O-])CCC(=O)N1C. The fraction of sp³-hybridized carbons (Fsp3) is 0.467. The number of hydrogen-bond acceptors (Lipinski definition) is 4. The molecule has 5 nitrogen and oxygen atoms in total. The number of ether oxygens (including phenoxy) is 1. The van der Waals surface area contributed by atoms with Gasteiger partial charge in [0.15, 0.2) is 0 Å². The molecule has 2 rings (SSSR count). The van der Waals surface area contributed by atoms with E-state index in [0.717, 1.165) is 5.56 Å². The number of rotatable bonds is 4. The molecular formula is C15H18NO4-. The van der Waals surface area contributed by atoms with Crippen LogP contribution in [-0.4, -0.2) is 30.4 Å². The van der Waals surface area contributed by atoms with Crippen LogP contribution in [0.5, 0.6) is 5.75 Å². The number of carboxylic acids is 1. The third kappa shape index (κ3) is 2.61. The largest absolute Gasteiger partial charge is 0.550 e. The minimum Gasteiger partial charge on any atom is -0.550 e. The van der Waals surface area contributed by atoms with Gasteiger partial charge in [-0.2, -0.15) is 0 Å². The summed E-state index contributed by atoms with van der Waals surface area (Å²) in [5.41, 5.74) is 0.721. The van der Waals surface area contributed by atoms with Crippen molar-refractivity contribution in [1.82, 2.24) is 4.90 Å². The monoisotopic (exact) mass is 276 g/mol. The molecule has 1 aliphatic heterocycles. The number of hydrogen-bond donors (Lipinski definition) is 0. The lowest BCUT2D eigenvalue weighted by Gasteiger charge is -2.40. The number of amides is 1. The molecule has 5 heteroatoms. The van der Waals surface area contributed by atoms with Crippen molar-refractivity contribution in [2.45, 2.75) is 25.8 Å². The van der Waals surface area contributed by atoms with Gasteiger partial charge in [0.2, 0.25) is 5.91 Å². The van der Waals surface area contributed by atoms with Gasteiger partial charge >= 0.3 is 0 Å². The minimum absolute atomic E-state index is 0.0567. The van der Waals surface area contributed by atoms with Crippen LogP contribution in [0.4, 0.5) is 0 Å². The molecule has 1 saturated heterocycles. The number of aliphatic carboxylic acids is 1. The summed E-state index contributed by atoms with van der Waals surface area (Å²) in [6.07, 6.45) is 0.541. The first kappa shape index (κ1) is 14.4. The second kappa shape index (κ2) is 5.94. The highest BCUT2D eigenvalue weighted by Crippen LogP contribution is 2.39. The van der Waals surface area contributed by atoms with Crippen LogP contribution < -0.4 is 9.84 Å². The number of nitrogens with zero attached hydrogens (tertiary/aromatic N) is 1. The smallest absolute Gasteiger partial charge is 0.222 e. The lowest BCUT2D eigenvalue weighted by Crippen LogP contribution is -2.47. The summed E-state index contributed by atoms with van der Waals surface area (Å²) < 4.78 is 5.55. The Morgan fingerprint density at radius 1 is 1.45 bits per heavy atom. The van der Waals surface area contributed by atoms with Crippen molar-refractivity contribution in [3.05, 3.63) is 29.8 Å². The predicted molar refractivity (Wildman–Crippen MR) is 70.9 cm³/mol. The van der Waals surface area contributed by atoms with Crippen molar-refractivity contribution >= 4 is 11.9 Å². The van der Waals surface area contributed by atoms with Crippen LogP contribution in [0.2, 0.25) is 0 Å². The third-order valence-electron chi connectivity index (χ3n) is 3.70. The second-order valence-electron chi connectivity index (χ2n) is 4.88. The summed E-state index contributed by atoms with van der Waals surface area (Å²) in [7, 11) is 1.63. The van der Waals surface area contributed by atoms with Crippen molar-refractivity contribution in [3.8, 4) is 5.75 Å². The number of carbonyl (C=O) groups is 2. The fourth-order valence-electron chi connectivity index (χ4n) is 2.72. The zero-order valence-electron chi connectivity index (χ0n) is 11.7. The van der Waals surface area contributed by atoms with Crippen molar-refractivity contribution in [1.29, 1.82) is 0 Å². The first-order chi connectivity index (χ1) is 9.56. The predicted octanol–water partition coefficient (Wildman–Crippen LogP) is 0.745. The van der Waals surface area contributed by atoms with Crippen LogP contribution in [0.1, 0.15) is 31.4 Å². The summed E-state index contributed by atoms with van der Waals surface area (Å²) in [6.45, 7) is 2.35. The highest BCUT2D eigenvalue weighted by atomic mass is 16.5. The molecule has 0 aromatic heterocycles. The highest BCUT2D eigenvalue weighted by Gasteiger charge is 2.36. The van der Waals surface area contributed by atoms with E-state index in [1.807, 2.05) is 19.1 Å². The Labute approximate surface area is 118 Å². The molecule has 1 aliphatic rings. The topological polar surface area (TPSA) is 69.7 Å². The second-order valence-corrected chi connectivity index (χ2v) is 4.88.